The Morgan fingerprint density at radius 2 is 2.15 bits per heavy atom. The van der Waals surface area contributed by atoms with Crippen LogP contribution in [-0.4, -0.2) is 73.7 Å². The standard InChI is InChI=1S/C23H27N5O5S/c1-30-20-18(32-11-2-7-27-9-12-31-13-10-27)4-3-17-19(20)25-22(28-8-6-24-21(17)28)26-23(29)33-16-5-14-34-15-16/h3-5,14-15,24H,2,6-13H2,1H3. The van der Waals surface area contributed by atoms with Gasteiger partial charge in [0.15, 0.2) is 11.5 Å². The summed E-state index contributed by atoms with van der Waals surface area (Å²) in [5, 5.41) is 7.81. The van der Waals surface area contributed by atoms with Gasteiger partial charge in [0, 0.05) is 43.5 Å². The van der Waals surface area contributed by atoms with Gasteiger partial charge in [-0.1, -0.05) is 0 Å². The maximum atomic E-state index is 12.4. The fourth-order valence-electron chi connectivity index (χ4n) is 4.16. The molecule has 3 aromatic rings. The van der Waals surface area contributed by atoms with Gasteiger partial charge in [0.2, 0.25) is 5.62 Å². The molecule has 1 N–H and O–H groups in total. The fourth-order valence-corrected chi connectivity index (χ4v) is 4.71. The van der Waals surface area contributed by atoms with Crippen LogP contribution in [0.4, 0.5) is 10.6 Å². The molecule has 0 radical (unpaired) electrons. The highest BCUT2D eigenvalue weighted by Gasteiger charge is 2.21. The van der Waals surface area contributed by atoms with E-state index in [1.807, 2.05) is 22.1 Å². The number of hydrogen-bond donors (Lipinski definition) is 1. The van der Waals surface area contributed by atoms with Gasteiger partial charge in [0.25, 0.3) is 0 Å². The van der Waals surface area contributed by atoms with E-state index in [-0.39, 0.29) is 5.62 Å². The molecular formula is C23H27N5O5S. The van der Waals surface area contributed by atoms with Crippen LogP contribution in [0.3, 0.4) is 0 Å². The molecule has 180 valence electrons. The largest absolute Gasteiger partial charge is 0.491 e. The van der Waals surface area contributed by atoms with Crippen LogP contribution in [0.25, 0.3) is 10.9 Å². The SMILES string of the molecule is COc1c(OCCCN2CCOCC2)ccc2c3n(c(=NC(=O)Oc4ccsc4)nc12)CCN3. The minimum absolute atomic E-state index is 0.260. The Balaban J connectivity index is 1.40. The molecule has 2 aliphatic heterocycles. The maximum Gasteiger partial charge on any atom is 0.442 e. The fraction of sp³-hybridized carbons (Fsp3) is 0.435. The van der Waals surface area contributed by atoms with E-state index >= 15 is 0 Å². The Hall–Kier alpha value is -3.15. The van der Waals surface area contributed by atoms with Crippen molar-refractivity contribution in [2.75, 3.05) is 58.4 Å². The highest BCUT2D eigenvalue weighted by Crippen LogP contribution is 2.37. The number of morpholine rings is 1. The number of thiophene rings is 1. The molecule has 34 heavy (non-hydrogen) atoms. The van der Waals surface area contributed by atoms with Gasteiger partial charge in [-0.15, -0.1) is 16.3 Å². The van der Waals surface area contributed by atoms with Crippen molar-refractivity contribution in [1.82, 2.24) is 14.5 Å². The first-order valence-corrected chi connectivity index (χ1v) is 12.2. The Morgan fingerprint density at radius 3 is 2.94 bits per heavy atom. The molecule has 10 nitrogen and oxygen atoms in total. The third-order valence-electron chi connectivity index (χ3n) is 5.78. The predicted octanol–water partition coefficient (Wildman–Crippen LogP) is 2.73. The molecule has 0 spiro atoms. The van der Waals surface area contributed by atoms with Gasteiger partial charge in [-0.25, -0.2) is 9.78 Å². The second-order valence-electron chi connectivity index (χ2n) is 7.93. The molecule has 2 aliphatic rings. The predicted molar refractivity (Wildman–Crippen MR) is 128 cm³/mol. The molecule has 0 saturated carbocycles. The molecule has 4 heterocycles. The number of rotatable bonds is 7. The van der Waals surface area contributed by atoms with Crippen molar-refractivity contribution in [2.45, 2.75) is 13.0 Å². The molecule has 0 unspecified atom stereocenters. The molecule has 0 atom stereocenters. The van der Waals surface area contributed by atoms with E-state index in [2.05, 4.69) is 20.2 Å². The van der Waals surface area contributed by atoms with Gasteiger partial charge in [-0.05, 0) is 30.0 Å². The van der Waals surface area contributed by atoms with Crippen LogP contribution in [-0.2, 0) is 11.3 Å². The Kier molecular flexibility index (Phi) is 6.93. The summed E-state index contributed by atoms with van der Waals surface area (Å²) in [7, 11) is 1.59. The number of amides is 1. The van der Waals surface area contributed by atoms with E-state index in [1.54, 1.807) is 18.6 Å². The first-order chi connectivity index (χ1) is 16.7. The quantitative estimate of drug-likeness (QED) is 0.510. The zero-order chi connectivity index (χ0) is 23.3. The average Bonchev–Trinajstić information content (AvgIpc) is 3.55. The molecule has 5 rings (SSSR count). The molecule has 1 fully saturated rings. The van der Waals surface area contributed by atoms with E-state index in [0.717, 1.165) is 50.5 Å². The second-order valence-corrected chi connectivity index (χ2v) is 8.71. The smallest absolute Gasteiger partial charge is 0.442 e. The summed E-state index contributed by atoms with van der Waals surface area (Å²) in [6, 6.07) is 5.58. The summed E-state index contributed by atoms with van der Waals surface area (Å²) in [4.78, 5) is 23.6. The van der Waals surface area contributed by atoms with E-state index in [1.165, 1.54) is 11.3 Å². The van der Waals surface area contributed by atoms with Crippen LogP contribution in [0.1, 0.15) is 6.42 Å². The lowest BCUT2D eigenvalue weighted by atomic mass is 10.2. The first kappa shape index (κ1) is 22.6. The number of methoxy groups -OCH3 is 1. The molecule has 1 saturated heterocycles. The highest BCUT2D eigenvalue weighted by atomic mass is 32.1. The number of nitrogens with zero attached hydrogens (tertiary/aromatic N) is 4. The van der Waals surface area contributed by atoms with Crippen LogP contribution >= 0.6 is 11.3 Å². The lowest BCUT2D eigenvalue weighted by Gasteiger charge is -2.26. The second kappa shape index (κ2) is 10.4. The number of carbonyl (C=O) groups excluding carboxylic acids is 1. The summed E-state index contributed by atoms with van der Waals surface area (Å²) in [5.74, 6) is 2.43. The van der Waals surface area contributed by atoms with Gasteiger partial charge >= 0.3 is 6.09 Å². The number of ether oxygens (including phenoxy) is 4. The molecule has 0 bridgehead atoms. The number of anilines is 1. The van der Waals surface area contributed by atoms with E-state index in [9.17, 15) is 4.79 Å². The Morgan fingerprint density at radius 1 is 1.26 bits per heavy atom. The monoisotopic (exact) mass is 485 g/mol. The van der Waals surface area contributed by atoms with Crippen molar-refractivity contribution in [3.8, 4) is 17.2 Å². The van der Waals surface area contributed by atoms with Crippen molar-refractivity contribution in [2.24, 2.45) is 4.99 Å². The van der Waals surface area contributed by atoms with Gasteiger partial charge in [-0.3, -0.25) is 9.47 Å². The van der Waals surface area contributed by atoms with Crippen LogP contribution in [0.5, 0.6) is 17.2 Å². The number of nitrogens with one attached hydrogen (secondary N) is 1. The molecule has 2 aromatic heterocycles. The summed E-state index contributed by atoms with van der Waals surface area (Å²) in [6.07, 6.45) is 0.173. The number of benzene rings is 1. The zero-order valence-corrected chi connectivity index (χ0v) is 19.8. The van der Waals surface area contributed by atoms with Gasteiger partial charge in [-0.2, -0.15) is 0 Å². The van der Waals surface area contributed by atoms with E-state index in [0.29, 0.717) is 42.5 Å². The van der Waals surface area contributed by atoms with Crippen molar-refractivity contribution in [3.05, 3.63) is 34.6 Å². The van der Waals surface area contributed by atoms with Crippen molar-refractivity contribution in [3.63, 3.8) is 0 Å². The van der Waals surface area contributed by atoms with Crippen molar-refractivity contribution < 1.29 is 23.7 Å². The van der Waals surface area contributed by atoms with Crippen LogP contribution in [0.2, 0.25) is 0 Å². The maximum absolute atomic E-state index is 12.4. The molecule has 11 heteroatoms. The summed E-state index contributed by atoms with van der Waals surface area (Å²) in [5.41, 5.74) is 0.839. The molecule has 1 amide bonds. The average molecular weight is 486 g/mol. The molecule has 1 aromatic carbocycles. The topological polar surface area (TPSA) is 99.4 Å². The lowest BCUT2D eigenvalue weighted by molar-refractivity contribution is 0.0357. The lowest BCUT2D eigenvalue weighted by Crippen LogP contribution is -2.37. The van der Waals surface area contributed by atoms with Crippen LogP contribution in [0.15, 0.2) is 34.0 Å². The van der Waals surface area contributed by atoms with Crippen molar-refractivity contribution in [1.29, 1.82) is 0 Å². The van der Waals surface area contributed by atoms with Crippen LogP contribution in [0, 0.1) is 0 Å². The number of aromatic nitrogens is 2. The zero-order valence-electron chi connectivity index (χ0n) is 19.0. The van der Waals surface area contributed by atoms with E-state index < -0.39 is 6.09 Å². The van der Waals surface area contributed by atoms with Crippen LogP contribution < -0.4 is 25.1 Å². The number of hydrogen-bond acceptors (Lipinski definition) is 9. The number of carbonyl (C=O) groups is 1. The van der Waals surface area contributed by atoms with Gasteiger partial charge in [0.05, 0.1) is 26.9 Å². The summed E-state index contributed by atoms with van der Waals surface area (Å²) >= 11 is 1.44. The Bertz CT molecular complexity index is 1220. The first-order valence-electron chi connectivity index (χ1n) is 11.3. The third kappa shape index (κ3) is 4.86. The normalized spacial score (nSPS) is 16.3. The van der Waals surface area contributed by atoms with Gasteiger partial charge < -0.3 is 24.3 Å². The van der Waals surface area contributed by atoms with Gasteiger partial charge in [0.1, 0.15) is 17.1 Å². The third-order valence-corrected chi connectivity index (χ3v) is 6.44. The van der Waals surface area contributed by atoms with E-state index in [4.69, 9.17) is 18.9 Å². The minimum atomic E-state index is -0.721. The van der Waals surface area contributed by atoms with Crippen molar-refractivity contribution >= 4 is 34.2 Å². The minimum Gasteiger partial charge on any atom is -0.491 e. The molecular weight excluding hydrogens is 458 g/mol. The number of fused-ring (bicyclic) bond motifs is 3. The molecule has 0 aliphatic carbocycles. The summed E-state index contributed by atoms with van der Waals surface area (Å²) < 4.78 is 24.3. The Labute approximate surface area is 200 Å². The highest BCUT2D eigenvalue weighted by molar-refractivity contribution is 7.08. The summed E-state index contributed by atoms with van der Waals surface area (Å²) in [6.45, 7) is 6.36.